The third kappa shape index (κ3) is 8.71. The molecular weight excluding hydrogens is 747 g/mol. The third-order valence-corrected chi connectivity index (χ3v) is 14.3. The minimum atomic E-state index is -4.38. The summed E-state index contributed by atoms with van der Waals surface area (Å²) >= 11 is 1.93. The van der Waals surface area contributed by atoms with Gasteiger partial charge >= 0.3 is 0 Å². The number of amides is 1. The number of nitro benzene ring substituents is 1. The molecule has 0 aliphatic carbocycles. The quantitative estimate of drug-likeness (QED) is 0.107. The lowest BCUT2D eigenvalue weighted by Gasteiger charge is -2.34. The second-order valence-corrected chi connectivity index (χ2v) is 18.4. The topological polar surface area (TPSA) is 134 Å². The van der Waals surface area contributed by atoms with Crippen molar-refractivity contribution in [3.05, 3.63) is 111 Å². The summed E-state index contributed by atoms with van der Waals surface area (Å²) in [6.07, 6.45) is 12.9. The van der Waals surface area contributed by atoms with Gasteiger partial charge in [0.25, 0.3) is 21.6 Å². The molecule has 2 N–H and O–H groups in total. The van der Waals surface area contributed by atoms with Crippen LogP contribution in [0.1, 0.15) is 78.6 Å². The number of nitrogens with zero attached hydrogens (tertiary/aromatic N) is 3. The van der Waals surface area contributed by atoms with Crippen LogP contribution in [-0.4, -0.2) is 69.1 Å². The Hall–Kier alpha value is -4.56. The molecule has 4 aliphatic heterocycles. The Labute approximate surface area is 333 Å². The summed E-state index contributed by atoms with van der Waals surface area (Å²) in [5, 5.41) is 14.9. The maximum Gasteiger partial charge on any atom is 0.293 e. The second kappa shape index (κ2) is 16.9. The van der Waals surface area contributed by atoms with Crippen molar-refractivity contribution in [3.8, 4) is 10.4 Å². The van der Waals surface area contributed by atoms with Gasteiger partial charge in [0.05, 0.1) is 16.4 Å². The molecule has 4 fully saturated rings. The van der Waals surface area contributed by atoms with Crippen LogP contribution in [0.25, 0.3) is 16.5 Å². The van der Waals surface area contributed by atoms with E-state index in [0.717, 1.165) is 69.2 Å². The van der Waals surface area contributed by atoms with Crippen LogP contribution in [0.2, 0.25) is 0 Å². The van der Waals surface area contributed by atoms with E-state index in [4.69, 9.17) is 4.74 Å². The first-order valence-corrected chi connectivity index (χ1v) is 22.2. The molecule has 3 unspecified atom stereocenters. The van der Waals surface area contributed by atoms with E-state index in [1.54, 1.807) is 12.1 Å². The average molecular weight is 796 g/mol. The highest BCUT2D eigenvalue weighted by atomic mass is 32.2. The zero-order chi connectivity index (χ0) is 38.6. The maximum absolute atomic E-state index is 13.2. The predicted molar refractivity (Wildman–Crippen MR) is 222 cm³/mol. The first kappa shape index (κ1) is 38.3. The number of rotatable bonds is 12. The van der Waals surface area contributed by atoms with Gasteiger partial charge in [0.15, 0.2) is 0 Å². The molecule has 0 saturated carbocycles. The Morgan fingerprint density at radius 1 is 0.929 bits per heavy atom. The van der Waals surface area contributed by atoms with Crippen molar-refractivity contribution in [1.82, 2.24) is 9.62 Å². The van der Waals surface area contributed by atoms with Gasteiger partial charge < -0.3 is 15.0 Å². The molecular formula is C43H49N5O6S2. The number of hydrogen-bond acceptors (Lipinski definition) is 10. The highest BCUT2D eigenvalue weighted by Crippen LogP contribution is 2.39. The lowest BCUT2D eigenvalue weighted by molar-refractivity contribution is -0.384. The summed E-state index contributed by atoms with van der Waals surface area (Å²) in [7, 11) is -4.38. The van der Waals surface area contributed by atoms with Crippen molar-refractivity contribution in [1.29, 1.82) is 0 Å². The Bertz CT molecular complexity index is 2170. The Morgan fingerprint density at radius 3 is 2.43 bits per heavy atom. The molecule has 8 rings (SSSR count). The number of piperidine rings is 2. The molecule has 0 spiro atoms. The molecule has 3 aromatic carbocycles. The first-order valence-electron chi connectivity index (χ1n) is 19.9. The van der Waals surface area contributed by atoms with Gasteiger partial charge in [0.2, 0.25) is 0 Å². The van der Waals surface area contributed by atoms with Crippen molar-refractivity contribution in [3.63, 3.8) is 0 Å². The van der Waals surface area contributed by atoms with Crippen LogP contribution < -0.4 is 14.9 Å². The van der Waals surface area contributed by atoms with Crippen LogP contribution in [0.4, 0.5) is 17.1 Å². The van der Waals surface area contributed by atoms with Crippen molar-refractivity contribution < 1.29 is 22.9 Å². The smallest absolute Gasteiger partial charge is 0.293 e. The number of carbonyl (C=O) groups is 1. The van der Waals surface area contributed by atoms with Crippen LogP contribution in [0.15, 0.2) is 89.3 Å². The van der Waals surface area contributed by atoms with Crippen LogP contribution in [-0.2, 0) is 21.3 Å². The normalized spacial score (nSPS) is 21.5. The fourth-order valence-corrected chi connectivity index (χ4v) is 10.9. The molecule has 11 nitrogen and oxygen atoms in total. The minimum Gasteiger partial charge on any atom is -0.381 e. The van der Waals surface area contributed by atoms with E-state index in [-0.39, 0.29) is 27.8 Å². The summed E-state index contributed by atoms with van der Waals surface area (Å²) in [6, 6.07) is 25.3. The van der Waals surface area contributed by atoms with Crippen LogP contribution in [0.5, 0.6) is 0 Å². The van der Waals surface area contributed by atoms with E-state index in [2.05, 4.69) is 62.3 Å². The van der Waals surface area contributed by atoms with Gasteiger partial charge in [-0.2, -0.15) is 0 Å². The van der Waals surface area contributed by atoms with Gasteiger partial charge in [0.1, 0.15) is 5.69 Å². The lowest BCUT2D eigenvalue weighted by atomic mass is 9.97. The van der Waals surface area contributed by atoms with E-state index in [0.29, 0.717) is 19.8 Å². The molecule has 1 aromatic heterocycles. The van der Waals surface area contributed by atoms with E-state index in [1.807, 2.05) is 23.5 Å². The Kier molecular flexibility index (Phi) is 11.6. The molecule has 2 bridgehead atoms. The van der Waals surface area contributed by atoms with Crippen molar-refractivity contribution >= 4 is 50.4 Å². The average Bonchev–Trinajstić information content (AvgIpc) is 3.76. The Balaban J connectivity index is 0.866. The van der Waals surface area contributed by atoms with Crippen molar-refractivity contribution in [2.45, 2.75) is 81.3 Å². The van der Waals surface area contributed by atoms with Crippen LogP contribution in [0.3, 0.4) is 0 Å². The molecule has 5 heterocycles. The number of carbonyl (C=O) groups excluding carboxylic acids is 1. The summed E-state index contributed by atoms with van der Waals surface area (Å²) in [6.45, 7) is 4.48. The molecule has 4 aromatic rings. The number of fused-ring (bicyclic) bond motifs is 2. The maximum atomic E-state index is 13.2. The number of thiophene rings is 1. The summed E-state index contributed by atoms with van der Waals surface area (Å²) in [5.74, 6) is -0.595. The fraction of sp³-hybridized carbons (Fsp3) is 0.419. The molecule has 4 aliphatic rings. The van der Waals surface area contributed by atoms with Gasteiger partial charge in [-0.1, -0.05) is 42.3 Å². The van der Waals surface area contributed by atoms with Gasteiger partial charge in [0, 0.05) is 71.9 Å². The van der Waals surface area contributed by atoms with E-state index in [9.17, 15) is 23.3 Å². The minimum absolute atomic E-state index is 0.175. The van der Waals surface area contributed by atoms with Gasteiger partial charge in [-0.25, -0.2) is 13.1 Å². The summed E-state index contributed by atoms with van der Waals surface area (Å²) in [5.41, 5.74) is 4.90. The van der Waals surface area contributed by atoms with Gasteiger partial charge in [-0.05, 0) is 117 Å². The number of hydrogen-bond donors (Lipinski definition) is 2. The zero-order valence-corrected chi connectivity index (χ0v) is 33.2. The predicted octanol–water partition coefficient (Wildman–Crippen LogP) is 8.48. The van der Waals surface area contributed by atoms with Crippen molar-refractivity contribution in [2.24, 2.45) is 5.92 Å². The fourth-order valence-electron chi connectivity index (χ4n) is 8.80. The number of benzene rings is 3. The molecule has 4 saturated heterocycles. The monoisotopic (exact) mass is 795 g/mol. The molecule has 56 heavy (non-hydrogen) atoms. The van der Waals surface area contributed by atoms with Crippen LogP contribution in [0, 0.1) is 16.0 Å². The molecule has 3 atom stereocenters. The number of anilines is 2. The summed E-state index contributed by atoms with van der Waals surface area (Å²) in [4.78, 5) is 31.7. The highest BCUT2D eigenvalue weighted by molar-refractivity contribution is 7.90. The highest BCUT2D eigenvalue weighted by Gasteiger charge is 2.36. The van der Waals surface area contributed by atoms with Gasteiger partial charge in [-0.3, -0.25) is 19.8 Å². The Morgan fingerprint density at radius 2 is 1.70 bits per heavy atom. The standard InChI is InChI=1S/C43H49N5O6S2/c49-43(45-56(52,53)38-17-18-40(41(26-38)48(50)51)44-27-31-5-4-24-54-29-31)32-10-12-34(13-11-32)46-22-20-30(21-23-46)25-33-6-1-2-9-39(33)42-19-16-37(55-42)28-47-35-7-3-8-36(47)15-14-35/h1-2,6,9-13,16-19,25-26,31,35-36,44H,3-5,7-8,14-15,20-24,27-29H2,(H,45,49). The molecule has 13 heteroatoms. The molecule has 0 radical (unpaired) electrons. The number of nitro groups is 1. The number of sulfonamides is 1. The molecule has 1 amide bonds. The second-order valence-electron chi connectivity index (χ2n) is 15.5. The third-order valence-electron chi connectivity index (χ3n) is 11.9. The van der Waals surface area contributed by atoms with Gasteiger partial charge in [-0.15, -0.1) is 11.3 Å². The lowest BCUT2D eigenvalue weighted by Crippen LogP contribution is -2.38. The number of ether oxygens (including phenoxy) is 1. The number of nitrogens with one attached hydrogen (secondary N) is 2. The zero-order valence-electron chi connectivity index (χ0n) is 31.5. The SMILES string of the molecule is O=C(NS(=O)(=O)c1ccc(NCC2CCCOC2)c([N+](=O)[O-])c1)c1ccc(N2CCC(=Cc3ccccc3-c3ccc(CN4C5CCCC4CC5)s3)CC2)cc1. The summed E-state index contributed by atoms with van der Waals surface area (Å²) < 4.78 is 33.9. The van der Waals surface area contributed by atoms with E-state index < -0.39 is 20.9 Å². The van der Waals surface area contributed by atoms with E-state index >= 15 is 0 Å². The largest absolute Gasteiger partial charge is 0.381 e. The van der Waals surface area contributed by atoms with Crippen LogP contribution >= 0.6 is 11.3 Å². The molecule has 294 valence electrons. The van der Waals surface area contributed by atoms with Crippen molar-refractivity contribution in [2.75, 3.05) is 43.1 Å². The first-order chi connectivity index (χ1) is 27.2. The van der Waals surface area contributed by atoms with E-state index in [1.165, 1.54) is 70.7 Å².